The monoisotopic (exact) mass is 413 g/mol. The zero-order chi connectivity index (χ0) is 19.7. The number of benzene rings is 1. The van der Waals surface area contributed by atoms with Crippen molar-refractivity contribution in [3.05, 3.63) is 28.8 Å². The van der Waals surface area contributed by atoms with E-state index in [0.29, 0.717) is 23.3 Å². The van der Waals surface area contributed by atoms with Crippen LogP contribution in [0.2, 0.25) is 5.02 Å². The summed E-state index contributed by atoms with van der Waals surface area (Å²) in [4.78, 5) is 14.6. The maximum absolute atomic E-state index is 12.8. The van der Waals surface area contributed by atoms with E-state index in [-0.39, 0.29) is 12.3 Å². The second kappa shape index (κ2) is 8.28. The van der Waals surface area contributed by atoms with Crippen LogP contribution in [0.5, 0.6) is 0 Å². The minimum Gasteiger partial charge on any atom is -0.390 e. The third kappa shape index (κ3) is 3.90. The summed E-state index contributed by atoms with van der Waals surface area (Å²) in [5.74, 6) is -0.763. The number of anilines is 1. The highest BCUT2D eigenvalue weighted by Gasteiger charge is 2.53. The molecule has 0 bridgehead atoms. The fourth-order valence-corrected chi connectivity index (χ4v) is 4.32. The predicted octanol–water partition coefficient (Wildman–Crippen LogP) is 0.584. The number of thiocarbonyl (C=S) groups is 1. The fraction of sp³-hybridized carbons (Fsp3) is 0.556. The van der Waals surface area contributed by atoms with Gasteiger partial charge in [0.1, 0.15) is 6.10 Å². The average Bonchev–Trinajstić information content (AvgIpc) is 2.98. The van der Waals surface area contributed by atoms with Crippen molar-refractivity contribution < 1.29 is 19.7 Å². The molecule has 2 fully saturated rings. The number of nitrogens with one attached hydrogen (secondary N) is 2. The summed E-state index contributed by atoms with van der Waals surface area (Å²) in [6, 6.07) is 4.58. The van der Waals surface area contributed by atoms with E-state index in [9.17, 15) is 15.0 Å². The molecule has 0 aromatic heterocycles. The number of hydrogen-bond acceptors (Lipinski definition) is 5. The average molecular weight is 414 g/mol. The van der Waals surface area contributed by atoms with Gasteiger partial charge in [-0.2, -0.15) is 0 Å². The third-order valence-electron chi connectivity index (χ3n) is 5.22. The lowest BCUT2D eigenvalue weighted by Gasteiger charge is -2.41. The number of hydrogen-bond donors (Lipinski definition) is 4. The first-order valence-corrected chi connectivity index (χ1v) is 9.62. The minimum absolute atomic E-state index is 0.140. The van der Waals surface area contributed by atoms with Crippen molar-refractivity contribution in [3.8, 4) is 0 Å². The van der Waals surface area contributed by atoms with Crippen LogP contribution in [0.3, 0.4) is 0 Å². The van der Waals surface area contributed by atoms with Gasteiger partial charge in [0.2, 0.25) is 5.91 Å². The molecule has 1 aromatic carbocycles. The highest BCUT2D eigenvalue weighted by molar-refractivity contribution is 7.80. The molecule has 5 atom stereocenters. The number of aliphatic hydroxyl groups excluding tert-OH is 2. The quantitative estimate of drug-likeness (QED) is 0.414. The van der Waals surface area contributed by atoms with E-state index in [4.69, 9.17) is 28.6 Å². The van der Waals surface area contributed by atoms with Gasteiger partial charge in [-0.15, -0.1) is 0 Å². The molecule has 4 N–H and O–H groups in total. The van der Waals surface area contributed by atoms with E-state index in [1.807, 2.05) is 24.0 Å². The van der Waals surface area contributed by atoms with E-state index in [1.54, 1.807) is 13.2 Å². The Kier molecular flexibility index (Phi) is 6.22. The molecule has 7 nitrogen and oxygen atoms in total. The van der Waals surface area contributed by atoms with Gasteiger partial charge in [-0.3, -0.25) is 4.79 Å². The van der Waals surface area contributed by atoms with Crippen molar-refractivity contribution in [2.24, 2.45) is 5.92 Å². The molecule has 2 aliphatic rings. The van der Waals surface area contributed by atoms with Crippen LogP contribution in [-0.4, -0.2) is 65.8 Å². The van der Waals surface area contributed by atoms with Crippen molar-refractivity contribution in [2.45, 2.75) is 37.6 Å². The lowest BCUT2D eigenvalue weighted by Crippen LogP contribution is -2.61. The molecule has 1 heterocycles. The minimum atomic E-state index is -1.03. The van der Waals surface area contributed by atoms with Crippen LogP contribution in [-0.2, 0) is 9.53 Å². The Morgan fingerprint density at radius 1 is 1.48 bits per heavy atom. The van der Waals surface area contributed by atoms with Crippen molar-refractivity contribution in [3.63, 3.8) is 0 Å². The van der Waals surface area contributed by atoms with Crippen LogP contribution in [0.4, 0.5) is 5.69 Å². The summed E-state index contributed by atoms with van der Waals surface area (Å²) in [6.07, 6.45) is -1.90. The first-order chi connectivity index (χ1) is 12.8. The summed E-state index contributed by atoms with van der Waals surface area (Å²) in [5, 5.41) is 27.6. The number of nitrogens with zero attached hydrogens (tertiary/aromatic N) is 1. The van der Waals surface area contributed by atoms with Crippen molar-refractivity contribution >= 4 is 40.5 Å². The second-order valence-electron chi connectivity index (χ2n) is 6.95. The number of carbonyl (C=O) groups excluding carboxylic acids is 1. The summed E-state index contributed by atoms with van der Waals surface area (Å²) < 4.78 is 4.97. The molecule has 0 spiro atoms. The normalized spacial score (nSPS) is 30.0. The second-order valence-corrected chi connectivity index (χ2v) is 7.75. The first kappa shape index (κ1) is 20.3. The van der Waals surface area contributed by atoms with Crippen LogP contribution >= 0.6 is 23.8 Å². The molecule has 148 valence electrons. The van der Waals surface area contributed by atoms with Gasteiger partial charge in [-0.05, 0) is 43.3 Å². The van der Waals surface area contributed by atoms with Gasteiger partial charge in [0.25, 0.3) is 0 Å². The highest BCUT2D eigenvalue weighted by atomic mass is 35.5. The SMILES string of the molecule is COCCNC(=O)[C@@H]1C[C@@H](O)[C@H](O)[C@@H]2NC(=S)N(c3ccc(C)c(Cl)c3)[C@@H]21. The van der Waals surface area contributed by atoms with Crippen LogP contribution in [0.25, 0.3) is 0 Å². The number of ether oxygens (including phenoxy) is 1. The summed E-state index contributed by atoms with van der Waals surface area (Å²) in [6.45, 7) is 2.67. The molecule has 27 heavy (non-hydrogen) atoms. The van der Waals surface area contributed by atoms with Gasteiger partial charge in [-0.1, -0.05) is 17.7 Å². The molecule has 0 radical (unpaired) electrons. The molecule has 1 saturated heterocycles. The largest absolute Gasteiger partial charge is 0.390 e. The summed E-state index contributed by atoms with van der Waals surface area (Å²) in [7, 11) is 1.56. The van der Waals surface area contributed by atoms with E-state index < -0.39 is 30.2 Å². The zero-order valence-corrected chi connectivity index (χ0v) is 16.8. The number of carbonyl (C=O) groups is 1. The van der Waals surface area contributed by atoms with Crippen LogP contribution in [0.15, 0.2) is 18.2 Å². The first-order valence-electron chi connectivity index (χ1n) is 8.83. The fourth-order valence-electron chi connectivity index (χ4n) is 3.78. The lowest BCUT2D eigenvalue weighted by molar-refractivity contribution is -0.131. The lowest BCUT2D eigenvalue weighted by atomic mass is 9.77. The molecular formula is C18H24ClN3O4S. The van der Waals surface area contributed by atoms with Gasteiger partial charge in [0, 0.05) is 24.4 Å². The molecule has 1 amide bonds. The Morgan fingerprint density at radius 3 is 2.89 bits per heavy atom. The van der Waals surface area contributed by atoms with E-state index in [2.05, 4.69) is 10.6 Å². The number of rotatable bonds is 5. The van der Waals surface area contributed by atoms with Crippen LogP contribution in [0, 0.1) is 12.8 Å². The van der Waals surface area contributed by atoms with Gasteiger partial charge in [-0.25, -0.2) is 0 Å². The van der Waals surface area contributed by atoms with Crippen LogP contribution in [0.1, 0.15) is 12.0 Å². The highest BCUT2D eigenvalue weighted by Crippen LogP contribution is 2.37. The summed E-state index contributed by atoms with van der Waals surface area (Å²) >= 11 is 11.8. The Bertz CT molecular complexity index is 735. The van der Waals surface area contributed by atoms with Gasteiger partial charge in [0.05, 0.1) is 30.7 Å². The van der Waals surface area contributed by atoms with Gasteiger partial charge in [0.15, 0.2) is 5.11 Å². The predicted molar refractivity (Wildman–Crippen MR) is 107 cm³/mol. The maximum Gasteiger partial charge on any atom is 0.225 e. The molecule has 1 saturated carbocycles. The molecule has 1 aliphatic carbocycles. The molecule has 9 heteroatoms. The Labute approximate surface area is 168 Å². The van der Waals surface area contributed by atoms with E-state index in [0.717, 1.165) is 11.3 Å². The number of aryl methyl sites for hydroxylation is 1. The number of fused-ring (bicyclic) bond motifs is 1. The van der Waals surface area contributed by atoms with Gasteiger partial charge >= 0.3 is 0 Å². The smallest absolute Gasteiger partial charge is 0.225 e. The molecule has 0 unspecified atom stereocenters. The van der Waals surface area contributed by atoms with Crippen molar-refractivity contribution in [2.75, 3.05) is 25.2 Å². The number of methoxy groups -OCH3 is 1. The topological polar surface area (TPSA) is 94.1 Å². The Balaban J connectivity index is 1.93. The van der Waals surface area contributed by atoms with E-state index in [1.165, 1.54) is 0 Å². The van der Waals surface area contributed by atoms with Crippen molar-refractivity contribution in [1.29, 1.82) is 0 Å². The molecule has 1 aliphatic heterocycles. The third-order valence-corrected chi connectivity index (χ3v) is 5.94. The zero-order valence-electron chi connectivity index (χ0n) is 15.2. The molecular weight excluding hydrogens is 390 g/mol. The Morgan fingerprint density at radius 2 is 2.22 bits per heavy atom. The van der Waals surface area contributed by atoms with E-state index >= 15 is 0 Å². The molecule has 1 aromatic rings. The molecule has 3 rings (SSSR count). The number of amides is 1. The van der Waals surface area contributed by atoms with Crippen LogP contribution < -0.4 is 15.5 Å². The Hall–Kier alpha value is -1.45. The standard InChI is InChI=1S/C18H24ClN3O4S/c1-9-3-4-10(7-12(9)19)22-15-11(17(25)20-5-6-26-2)8-13(23)16(24)14(15)21-18(22)27/h3-4,7,11,13-16,23-24H,5-6,8H2,1-2H3,(H,20,25)(H,21,27)/t11-,13-,14-,15-,16+/m1/s1. The maximum atomic E-state index is 12.8. The summed E-state index contributed by atoms with van der Waals surface area (Å²) in [5.41, 5.74) is 1.68. The number of aliphatic hydroxyl groups is 2. The van der Waals surface area contributed by atoms with Gasteiger partial charge < -0.3 is 30.5 Å². The van der Waals surface area contributed by atoms with Crippen molar-refractivity contribution in [1.82, 2.24) is 10.6 Å². The number of halogens is 1.